The molecule has 3 atom stereocenters. The third kappa shape index (κ3) is 4.32. The van der Waals surface area contributed by atoms with E-state index in [-0.39, 0.29) is 17.7 Å². The molecule has 8 heteroatoms. The maximum Gasteiger partial charge on any atom is 0.230 e. The molecule has 1 heterocycles. The van der Waals surface area contributed by atoms with Gasteiger partial charge in [-0.2, -0.15) is 0 Å². The highest BCUT2D eigenvalue weighted by Gasteiger charge is 2.28. The summed E-state index contributed by atoms with van der Waals surface area (Å²) < 4.78 is 1.40. The minimum atomic E-state index is 0.00764. The minimum absolute atomic E-state index is 0.00764. The van der Waals surface area contributed by atoms with E-state index in [0.717, 1.165) is 12.0 Å². The quantitative estimate of drug-likeness (QED) is 0.601. The van der Waals surface area contributed by atoms with Gasteiger partial charge < -0.3 is 11.2 Å². The van der Waals surface area contributed by atoms with Gasteiger partial charge in [-0.1, -0.05) is 62.2 Å². The van der Waals surface area contributed by atoms with Crippen LogP contribution in [0.2, 0.25) is 5.02 Å². The Morgan fingerprint density at radius 1 is 1.38 bits per heavy atom. The van der Waals surface area contributed by atoms with E-state index in [0.29, 0.717) is 27.8 Å². The van der Waals surface area contributed by atoms with E-state index >= 15 is 0 Å². The number of benzene rings is 1. The smallest absolute Gasteiger partial charge is 0.230 e. The van der Waals surface area contributed by atoms with Crippen molar-refractivity contribution in [3.63, 3.8) is 0 Å². The van der Waals surface area contributed by atoms with Gasteiger partial charge in [0.15, 0.2) is 5.82 Å². The van der Waals surface area contributed by atoms with Crippen LogP contribution in [0.3, 0.4) is 0 Å². The molecule has 1 aliphatic rings. The molecule has 1 aromatic heterocycles. The molecule has 0 saturated heterocycles. The molecule has 1 aliphatic carbocycles. The van der Waals surface area contributed by atoms with Crippen LogP contribution in [0.15, 0.2) is 29.4 Å². The number of carbonyl (C=O) groups excluding carboxylic acids is 1. The Kier molecular flexibility index (Phi) is 6.09. The average molecular weight is 394 g/mol. The van der Waals surface area contributed by atoms with Crippen LogP contribution in [-0.4, -0.2) is 32.6 Å². The van der Waals surface area contributed by atoms with Gasteiger partial charge in [0, 0.05) is 16.6 Å². The zero-order chi connectivity index (χ0) is 18.7. The Hall–Kier alpha value is -1.73. The standard InChI is InChI=1S/C18H24ClN5OS/c1-11-5-3-8-15(12(11)2)21-16(25)10-26-18-23-22-17(24(18)20)13-6-4-7-14(19)9-13/h4,6-7,9,11-12,15H,3,5,8,10,20H2,1-2H3,(H,21,25)/t11-,12+,15+/m0/s1. The van der Waals surface area contributed by atoms with Crippen LogP contribution < -0.4 is 11.2 Å². The first-order chi connectivity index (χ1) is 12.5. The van der Waals surface area contributed by atoms with Crippen molar-refractivity contribution in [2.24, 2.45) is 11.8 Å². The van der Waals surface area contributed by atoms with Gasteiger partial charge in [-0.15, -0.1) is 10.2 Å². The topological polar surface area (TPSA) is 85.8 Å². The molecule has 1 amide bonds. The normalized spacial score (nSPS) is 23.0. The lowest BCUT2D eigenvalue weighted by Crippen LogP contribution is -2.44. The highest BCUT2D eigenvalue weighted by molar-refractivity contribution is 7.99. The average Bonchev–Trinajstić information content (AvgIpc) is 2.98. The number of hydrogen-bond acceptors (Lipinski definition) is 5. The number of amides is 1. The lowest BCUT2D eigenvalue weighted by Gasteiger charge is -2.34. The van der Waals surface area contributed by atoms with E-state index in [1.807, 2.05) is 12.1 Å². The molecule has 0 bridgehead atoms. The summed E-state index contributed by atoms with van der Waals surface area (Å²) in [6.07, 6.45) is 3.46. The Morgan fingerprint density at radius 2 is 2.19 bits per heavy atom. The lowest BCUT2D eigenvalue weighted by molar-refractivity contribution is -0.120. The zero-order valence-corrected chi connectivity index (χ0v) is 16.6. The SMILES string of the molecule is C[C@@H]1[C@@H](C)CCC[C@H]1NC(=O)CSc1nnc(-c2cccc(Cl)c2)n1N. The predicted molar refractivity (Wildman–Crippen MR) is 105 cm³/mol. The predicted octanol–water partition coefficient (Wildman–Crippen LogP) is 3.35. The molecule has 1 fully saturated rings. The number of nitrogens with one attached hydrogen (secondary N) is 1. The fourth-order valence-electron chi connectivity index (χ4n) is 3.36. The summed E-state index contributed by atoms with van der Waals surface area (Å²) in [5.41, 5.74) is 0.786. The van der Waals surface area contributed by atoms with Gasteiger partial charge in [-0.25, -0.2) is 4.68 Å². The number of nitrogens with two attached hydrogens (primary N) is 1. The van der Waals surface area contributed by atoms with Crippen molar-refractivity contribution in [1.82, 2.24) is 20.2 Å². The first-order valence-electron chi connectivity index (χ1n) is 8.84. The number of aromatic nitrogens is 3. The summed E-state index contributed by atoms with van der Waals surface area (Å²) in [5.74, 6) is 8.04. The highest BCUT2D eigenvalue weighted by atomic mass is 35.5. The lowest BCUT2D eigenvalue weighted by atomic mass is 9.78. The number of nitrogens with zero attached hydrogens (tertiary/aromatic N) is 3. The number of nitrogen functional groups attached to an aromatic ring is 1. The van der Waals surface area contributed by atoms with Gasteiger partial charge >= 0.3 is 0 Å². The molecule has 3 N–H and O–H groups in total. The second-order valence-corrected chi connectivity index (χ2v) is 8.30. The minimum Gasteiger partial charge on any atom is -0.352 e. The third-order valence-electron chi connectivity index (χ3n) is 5.13. The molecule has 140 valence electrons. The first kappa shape index (κ1) is 19.0. The maximum absolute atomic E-state index is 12.3. The number of carbonyl (C=O) groups is 1. The van der Waals surface area contributed by atoms with E-state index in [4.69, 9.17) is 17.4 Å². The fourth-order valence-corrected chi connectivity index (χ4v) is 4.22. The van der Waals surface area contributed by atoms with Crippen molar-refractivity contribution >= 4 is 29.3 Å². The van der Waals surface area contributed by atoms with Gasteiger partial charge in [0.2, 0.25) is 11.1 Å². The van der Waals surface area contributed by atoms with E-state index < -0.39 is 0 Å². The molecule has 0 unspecified atom stereocenters. The van der Waals surface area contributed by atoms with Gasteiger partial charge in [0.05, 0.1) is 5.75 Å². The molecule has 1 saturated carbocycles. The number of hydrogen-bond donors (Lipinski definition) is 2. The molecule has 1 aromatic carbocycles. The van der Waals surface area contributed by atoms with Crippen LogP contribution in [-0.2, 0) is 4.79 Å². The van der Waals surface area contributed by atoms with Crippen LogP contribution in [0, 0.1) is 11.8 Å². The largest absolute Gasteiger partial charge is 0.352 e. The summed E-state index contributed by atoms with van der Waals surface area (Å²) in [6, 6.07) is 7.52. The monoisotopic (exact) mass is 393 g/mol. The molecule has 6 nitrogen and oxygen atoms in total. The van der Waals surface area contributed by atoms with Crippen molar-refractivity contribution < 1.29 is 4.79 Å². The van der Waals surface area contributed by atoms with Gasteiger partial charge in [-0.3, -0.25) is 4.79 Å². The van der Waals surface area contributed by atoms with Crippen LogP contribution in [0.4, 0.5) is 0 Å². The third-order valence-corrected chi connectivity index (χ3v) is 6.31. The van der Waals surface area contributed by atoms with Crippen LogP contribution in [0.5, 0.6) is 0 Å². The first-order valence-corrected chi connectivity index (χ1v) is 10.2. The van der Waals surface area contributed by atoms with Crippen LogP contribution in [0.25, 0.3) is 11.4 Å². The van der Waals surface area contributed by atoms with Gasteiger partial charge in [-0.05, 0) is 30.4 Å². The van der Waals surface area contributed by atoms with E-state index in [1.54, 1.807) is 12.1 Å². The van der Waals surface area contributed by atoms with Crippen molar-refractivity contribution in [3.05, 3.63) is 29.3 Å². The zero-order valence-electron chi connectivity index (χ0n) is 15.0. The number of thioether (sulfide) groups is 1. The number of halogens is 1. The van der Waals surface area contributed by atoms with E-state index in [1.165, 1.54) is 29.3 Å². The molecule has 2 aromatic rings. The second kappa shape index (κ2) is 8.31. The Labute approximate surface area is 162 Å². The molecular formula is C18H24ClN5OS. The molecule has 3 rings (SSSR count). The van der Waals surface area contributed by atoms with E-state index in [9.17, 15) is 4.79 Å². The van der Waals surface area contributed by atoms with Crippen molar-refractivity contribution in [3.8, 4) is 11.4 Å². The van der Waals surface area contributed by atoms with Crippen LogP contribution >= 0.6 is 23.4 Å². The summed E-state index contributed by atoms with van der Waals surface area (Å²) in [4.78, 5) is 12.3. The maximum atomic E-state index is 12.3. The molecule has 26 heavy (non-hydrogen) atoms. The fraction of sp³-hybridized carbons (Fsp3) is 0.500. The Bertz CT molecular complexity index is 781. The summed E-state index contributed by atoms with van der Waals surface area (Å²) in [7, 11) is 0. The van der Waals surface area contributed by atoms with Gasteiger partial charge in [0.1, 0.15) is 0 Å². The van der Waals surface area contributed by atoms with E-state index in [2.05, 4.69) is 29.4 Å². The second-order valence-electron chi connectivity index (χ2n) is 6.92. The molecule has 0 aliphatic heterocycles. The van der Waals surface area contributed by atoms with Crippen LogP contribution in [0.1, 0.15) is 33.1 Å². The highest BCUT2D eigenvalue weighted by Crippen LogP contribution is 2.29. The Balaban J connectivity index is 1.59. The number of rotatable bonds is 5. The summed E-state index contributed by atoms with van der Waals surface area (Å²) in [5, 5.41) is 12.5. The summed E-state index contributed by atoms with van der Waals surface area (Å²) >= 11 is 7.30. The van der Waals surface area contributed by atoms with Gasteiger partial charge in [0.25, 0.3) is 0 Å². The Morgan fingerprint density at radius 3 is 2.96 bits per heavy atom. The molecule has 0 spiro atoms. The summed E-state index contributed by atoms with van der Waals surface area (Å²) in [6.45, 7) is 4.47. The van der Waals surface area contributed by atoms with Crippen molar-refractivity contribution in [2.45, 2.75) is 44.3 Å². The molecule has 0 radical (unpaired) electrons. The molecular weight excluding hydrogens is 370 g/mol. The van der Waals surface area contributed by atoms with Crippen molar-refractivity contribution in [1.29, 1.82) is 0 Å². The van der Waals surface area contributed by atoms with Crippen molar-refractivity contribution in [2.75, 3.05) is 11.6 Å².